The number of aromatic nitrogens is 4. The number of hydrogen-bond donors (Lipinski definition) is 3. The van der Waals surface area contributed by atoms with Crippen molar-refractivity contribution in [2.75, 3.05) is 23.3 Å². The number of nitriles is 2. The molecule has 0 amide bonds. The van der Waals surface area contributed by atoms with Gasteiger partial charge in [-0.05, 0) is 30.3 Å². The Morgan fingerprint density at radius 1 is 1.12 bits per heavy atom. The summed E-state index contributed by atoms with van der Waals surface area (Å²) in [5.74, 6) is -0.484. The highest BCUT2D eigenvalue weighted by molar-refractivity contribution is 6.35. The Morgan fingerprint density at radius 2 is 1.91 bits per heavy atom. The third kappa shape index (κ3) is 4.16. The molecule has 4 aromatic rings. The van der Waals surface area contributed by atoms with Crippen molar-refractivity contribution in [1.82, 2.24) is 19.5 Å². The molecule has 2 aromatic carbocycles. The van der Waals surface area contributed by atoms with Crippen LogP contribution < -0.4 is 22.3 Å². The number of nitrogens with two attached hydrogens (primary N) is 2. The minimum absolute atomic E-state index is 0.0219. The second kappa shape index (κ2) is 9.02. The SMILES string of the molecule is N#Cc1cc(F)cc(-n2c(CCNc3nc(N)nc(N)c3C#N)nc3cccc(Cl)c3c2=O)c1. The summed E-state index contributed by atoms with van der Waals surface area (Å²) < 4.78 is 15.4. The Morgan fingerprint density at radius 3 is 2.65 bits per heavy atom. The van der Waals surface area contributed by atoms with Crippen LogP contribution in [0.2, 0.25) is 5.02 Å². The molecule has 0 spiro atoms. The first-order valence-corrected chi connectivity index (χ1v) is 10.2. The molecule has 168 valence electrons. The van der Waals surface area contributed by atoms with E-state index >= 15 is 0 Å². The predicted octanol–water partition coefficient (Wildman–Crippen LogP) is 2.53. The van der Waals surface area contributed by atoms with Crippen LogP contribution in [-0.2, 0) is 6.42 Å². The fourth-order valence-corrected chi connectivity index (χ4v) is 3.71. The molecule has 5 N–H and O–H groups in total. The number of nitrogens with zero attached hydrogens (tertiary/aromatic N) is 6. The Labute approximate surface area is 196 Å². The lowest BCUT2D eigenvalue weighted by atomic mass is 10.1. The molecule has 12 heteroatoms. The number of benzene rings is 2. The fourth-order valence-electron chi connectivity index (χ4n) is 3.46. The molecule has 10 nitrogen and oxygen atoms in total. The van der Waals surface area contributed by atoms with Crippen molar-refractivity contribution in [2.24, 2.45) is 0 Å². The smallest absolute Gasteiger partial charge is 0.267 e. The van der Waals surface area contributed by atoms with Gasteiger partial charge in [-0.15, -0.1) is 0 Å². The molecule has 0 saturated heterocycles. The van der Waals surface area contributed by atoms with E-state index in [9.17, 15) is 19.7 Å². The van der Waals surface area contributed by atoms with Gasteiger partial charge < -0.3 is 16.8 Å². The van der Waals surface area contributed by atoms with E-state index in [0.717, 1.165) is 12.1 Å². The second-order valence-electron chi connectivity index (χ2n) is 7.09. The molecular weight excluding hydrogens is 461 g/mol. The van der Waals surface area contributed by atoms with Crippen molar-refractivity contribution in [3.05, 3.63) is 74.5 Å². The quantitative estimate of drug-likeness (QED) is 0.392. The van der Waals surface area contributed by atoms with E-state index in [2.05, 4.69) is 20.3 Å². The van der Waals surface area contributed by atoms with E-state index in [1.54, 1.807) is 18.2 Å². The van der Waals surface area contributed by atoms with E-state index in [1.165, 1.54) is 10.6 Å². The molecule has 0 bridgehead atoms. The minimum Gasteiger partial charge on any atom is -0.382 e. The topological polar surface area (TPSA) is 172 Å². The highest BCUT2D eigenvalue weighted by Gasteiger charge is 2.17. The molecule has 34 heavy (non-hydrogen) atoms. The van der Waals surface area contributed by atoms with Gasteiger partial charge in [-0.3, -0.25) is 9.36 Å². The largest absolute Gasteiger partial charge is 0.382 e. The van der Waals surface area contributed by atoms with Gasteiger partial charge in [-0.25, -0.2) is 9.37 Å². The number of anilines is 3. The molecule has 0 aliphatic rings. The Hall–Kier alpha value is -4.74. The first-order chi connectivity index (χ1) is 16.3. The number of rotatable bonds is 5. The van der Waals surface area contributed by atoms with Crippen molar-refractivity contribution >= 4 is 40.1 Å². The van der Waals surface area contributed by atoms with Crippen molar-refractivity contribution < 1.29 is 4.39 Å². The van der Waals surface area contributed by atoms with Gasteiger partial charge in [0.05, 0.1) is 33.2 Å². The molecule has 0 unspecified atom stereocenters. The summed E-state index contributed by atoms with van der Waals surface area (Å²) in [7, 11) is 0. The lowest BCUT2D eigenvalue weighted by molar-refractivity contribution is 0.625. The van der Waals surface area contributed by atoms with Crippen molar-refractivity contribution in [2.45, 2.75) is 6.42 Å². The second-order valence-corrected chi connectivity index (χ2v) is 7.50. The zero-order valence-electron chi connectivity index (χ0n) is 17.4. The van der Waals surface area contributed by atoms with Gasteiger partial charge in [0.2, 0.25) is 5.95 Å². The van der Waals surface area contributed by atoms with E-state index in [0.29, 0.717) is 5.52 Å². The number of fused-ring (bicyclic) bond motifs is 1. The van der Waals surface area contributed by atoms with Crippen LogP contribution in [-0.4, -0.2) is 26.1 Å². The average molecular weight is 476 g/mol. The summed E-state index contributed by atoms with van der Waals surface area (Å²) in [6.07, 6.45) is 0.144. The third-order valence-corrected chi connectivity index (χ3v) is 5.21. The maximum Gasteiger partial charge on any atom is 0.267 e. The van der Waals surface area contributed by atoms with Gasteiger partial charge >= 0.3 is 0 Å². The molecule has 0 aliphatic heterocycles. The van der Waals surface area contributed by atoms with E-state index < -0.39 is 11.4 Å². The van der Waals surface area contributed by atoms with Gasteiger partial charge in [0.15, 0.2) is 5.82 Å². The summed E-state index contributed by atoms with van der Waals surface area (Å²) in [6.45, 7) is 0.156. The van der Waals surface area contributed by atoms with E-state index in [4.69, 9.17) is 23.1 Å². The maximum atomic E-state index is 14.2. The van der Waals surface area contributed by atoms with Crippen LogP contribution in [0.5, 0.6) is 0 Å². The monoisotopic (exact) mass is 475 g/mol. The first-order valence-electron chi connectivity index (χ1n) is 9.80. The number of halogens is 2. The van der Waals surface area contributed by atoms with Gasteiger partial charge in [-0.2, -0.15) is 20.5 Å². The van der Waals surface area contributed by atoms with E-state index in [-0.39, 0.29) is 63.6 Å². The molecule has 4 rings (SSSR count). The van der Waals surface area contributed by atoms with Crippen LogP contribution in [0.1, 0.15) is 17.0 Å². The third-order valence-electron chi connectivity index (χ3n) is 4.89. The summed E-state index contributed by atoms with van der Waals surface area (Å²) in [5, 5.41) is 21.9. The molecule has 0 radical (unpaired) electrons. The fraction of sp³-hybridized carbons (Fsp3) is 0.0909. The van der Waals surface area contributed by atoms with Crippen molar-refractivity contribution in [3.8, 4) is 17.8 Å². The van der Waals surface area contributed by atoms with Gasteiger partial charge in [0, 0.05) is 13.0 Å². The zero-order valence-corrected chi connectivity index (χ0v) is 18.1. The van der Waals surface area contributed by atoms with Gasteiger partial charge in [-0.1, -0.05) is 17.7 Å². The van der Waals surface area contributed by atoms with Crippen molar-refractivity contribution in [1.29, 1.82) is 10.5 Å². The highest BCUT2D eigenvalue weighted by Crippen LogP contribution is 2.22. The van der Waals surface area contributed by atoms with Gasteiger partial charge in [0.1, 0.15) is 29.1 Å². The lowest BCUT2D eigenvalue weighted by Crippen LogP contribution is -2.26. The molecule has 0 aliphatic carbocycles. The zero-order chi connectivity index (χ0) is 24.4. The Bertz CT molecular complexity index is 1590. The maximum absolute atomic E-state index is 14.2. The molecular formula is C22H15ClFN9O. The van der Waals surface area contributed by atoms with Crippen LogP contribution in [0.3, 0.4) is 0 Å². The first kappa shape index (κ1) is 22.5. The lowest BCUT2D eigenvalue weighted by Gasteiger charge is -2.15. The number of nitrogens with one attached hydrogen (secondary N) is 1. The highest BCUT2D eigenvalue weighted by atomic mass is 35.5. The minimum atomic E-state index is -0.685. The summed E-state index contributed by atoms with van der Waals surface area (Å²) in [5.41, 5.74) is 11.4. The predicted molar refractivity (Wildman–Crippen MR) is 125 cm³/mol. The number of hydrogen-bond acceptors (Lipinski definition) is 9. The number of nitrogen functional groups attached to an aromatic ring is 2. The molecule has 0 fully saturated rings. The van der Waals surface area contributed by atoms with Crippen LogP contribution >= 0.6 is 11.6 Å². The molecule has 2 aromatic heterocycles. The normalized spacial score (nSPS) is 10.6. The molecule has 2 heterocycles. The molecule has 0 atom stereocenters. The Kier molecular flexibility index (Phi) is 5.95. The summed E-state index contributed by atoms with van der Waals surface area (Å²) >= 11 is 6.25. The standard InChI is InChI=1S/C22H15ClFN9O/c23-15-2-1-3-16-18(15)21(34)33(13-7-11(9-25)6-12(24)8-13)17(30-16)4-5-29-20-14(10-26)19(27)31-22(28)32-20/h1-3,6-8H,4-5H2,(H5,27,28,29,31,32). The van der Waals surface area contributed by atoms with Crippen LogP contribution in [0.4, 0.5) is 22.0 Å². The summed E-state index contributed by atoms with van der Waals surface area (Å²) in [4.78, 5) is 25.7. The average Bonchev–Trinajstić information content (AvgIpc) is 2.78. The van der Waals surface area contributed by atoms with Gasteiger partial charge in [0.25, 0.3) is 5.56 Å². The van der Waals surface area contributed by atoms with Crippen LogP contribution in [0.15, 0.2) is 41.2 Å². The molecule has 0 saturated carbocycles. The van der Waals surface area contributed by atoms with Crippen molar-refractivity contribution in [3.63, 3.8) is 0 Å². The van der Waals surface area contributed by atoms with Crippen LogP contribution in [0, 0.1) is 28.5 Å². The van der Waals surface area contributed by atoms with E-state index in [1.807, 2.05) is 12.1 Å². The Balaban J connectivity index is 1.81. The summed E-state index contributed by atoms with van der Waals surface area (Å²) in [6, 6.07) is 12.2. The van der Waals surface area contributed by atoms with Crippen LogP contribution in [0.25, 0.3) is 16.6 Å².